The Morgan fingerprint density at radius 3 is 2.13 bits per heavy atom. The maximum absolute atomic E-state index is 12.3. The second kappa shape index (κ2) is 11.3. The van der Waals surface area contributed by atoms with E-state index in [1.165, 1.54) is 0 Å². The van der Waals surface area contributed by atoms with Gasteiger partial charge in [-0.3, -0.25) is 14.4 Å². The van der Waals surface area contributed by atoms with Crippen LogP contribution < -0.4 is 5.32 Å². The maximum atomic E-state index is 12.3. The number of carbonyl (C=O) groups excluding carboxylic acids is 4. The zero-order chi connectivity index (χ0) is 23.0. The molecule has 1 heterocycles. The number of aliphatic hydroxyl groups is 1. The van der Waals surface area contributed by atoms with Crippen molar-refractivity contribution in [1.29, 1.82) is 0 Å². The van der Waals surface area contributed by atoms with Gasteiger partial charge >= 0.3 is 24.0 Å². The molecule has 1 aliphatic rings. The summed E-state index contributed by atoms with van der Waals surface area (Å²) in [6.45, 7) is 2.97. The van der Waals surface area contributed by atoms with Gasteiger partial charge in [-0.1, -0.05) is 30.3 Å². The molecule has 0 radical (unpaired) electrons. The van der Waals surface area contributed by atoms with Crippen LogP contribution in [0.15, 0.2) is 30.3 Å². The summed E-state index contributed by atoms with van der Waals surface area (Å²) in [7, 11) is 0. The van der Waals surface area contributed by atoms with E-state index in [1.54, 1.807) is 24.3 Å². The predicted octanol–water partition coefficient (Wildman–Crippen LogP) is 0.425. The molecule has 1 aliphatic heterocycles. The first-order valence-corrected chi connectivity index (χ1v) is 9.46. The van der Waals surface area contributed by atoms with Gasteiger partial charge in [-0.25, -0.2) is 4.79 Å². The van der Waals surface area contributed by atoms with E-state index in [9.17, 15) is 24.3 Å². The summed E-state index contributed by atoms with van der Waals surface area (Å²) in [5, 5.41) is 12.8. The van der Waals surface area contributed by atoms with E-state index in [2.05, 4.69) is 5.32 Å². The highest BCUT2D eigenvalue weighted by Gasteiger charge is 2.50. The van der Waals surface area contributed by atoms with E-state index in [1.807, 2.05) is 6.07 Å². The van der Waals surface area contributed by atoms with Crippen LogP contribution in [0.2, 0.25) is 0 Å². The highest BCUT2D eigenvalue weighted by atomic mass is 16.7. The average Bonchev–Trinajstić information content (AvgIpc) is 2.70. The Hall–Kier alpha value is -3.18. The summed E-state index contributed by atoms with van der Waals surface area (Å²) in [6.07, 6.45) is -6.36. The van der Waals surface area contributed by atoms with Crippen molar-refractivity contribution in [2.24, 2.45) is 0 Å². The van der Waals surface area contributed by atoms with Gasteiger partial charge in [0.25, 0.3) is 0 Å². The van der Waals surface area contributed by atoms with Gasteiger partial charge in [-0.15, -0.1) is 0 Å². The Labute approximate surface area is 178 Å². The molecule has 170 valence electrons. The Kier molecular flexibility index (Phi) is 8.76. The molecule has 2 rings (SSSR count). The van der Waals surface area contributed by atoms with Crippen molar-refractivity contribution in [2.75, 3.05) is 6.61 Å². The minimum atomic E-state index is -1.68. The summed E-state index contributed by atoms with van der Waals surface area (Å²) >= 11 is 0. The molecule has 0 aliphatic carbocycles. The summed E-state index contributed by atoms with van der Waals surface area (Å²) in [5.74, 6) is -2.12. The molecule has 1 aromatic carbocycles. The number of rotatable bonds is 7. The zero-order valence-corrected chi connectivity index (χ0v) is 17.3. The Bertz CT molecular complexity index is 783. The fraction of sp³-hybridized carbons (Fsp3) is 0.500. The highest BCUT2D eigenvalue weighted by molar-refractivity contribution is 5.69. The van der Waals surface area contributed by atoms with E-state index < -0.39 is 54.6 Å². The molecule has 31 heavy (non-hydrogen) atoms. The second-order valence-electron chi connectivity index (χ2n) is 6.75. The molecule has 5 atom stereocenters. The molecular formula is C20H25NO10. The van der Waals surface area contributed by atoms with Crippen molar-refractivity contribution in [2.45, 2.75) is 58.0 Å². The number of nitrogens with one attached hydrogen (secondary N) is 1. The minimum Gasteiger partial charge on any atom is -0.463 e. The molecule has 0 spiro atoms. The fourth-order valence-corrected chi connectivity index (χ4v) is 2.97. The quantitative estimate of drug-likeness (QED) is 0.453. The average molecular weight is 439 g/mol. The van der Waals surface area contributed by atoms with Crippen LogP contribution in [-0.2, 0) is 44.7 Å². The van der Waals surface area contributed by atoms with Crippen LogP contribution >= 0.6 is 0 Å². The molecule has 0 saturated carbocycles. The number of ether oxygens (including phenoxy) is 5. The lowest BCUT2D eigenvalue weighted by molar-refractivity contribution is -0.264. The van der Waals surface area contributed by atoms with E-state index in [0.717, 1.165) is 26.3 Å². The Balaban J connectivity index is 2.16. The molecule has 1 amide bonds. The lowest BCUT2D eigenvalue weighted by Crippen LogP contribution is -2.66. The van der Waals surface area contributed by atoms with Crippen LogP contribution in [-0.4, -0.2) is 66.4 Å². The number of hydrogen-bond donors (Lipinski definition) is 2. The summed E-state index contributed by atoms with van der Waals surface area (Å²) < 4.78 is 25.8. The van der Waals surface area contributed by atoms with Gasteiger partial charge in [0.1, 0.15) is 25.4 Å². The summed E-state index contributed by atoms with van der Waals surface area (Å²) in [5.41, 5.74) is 0.730. The topological polar surface area (TPSA) is 147 Å². The number of alkyl carbamates (subject to hydrolysis) is 1. The number of benzene rings is 1. The molecule has 0 unspecified atom stereocenters. The molecule has 1 saturated heterocycles. The monoisotopic (exact) mass is 439 g/mol. The molecule has 1 fully saturated rings. The van der Waals surface area contributed by atoms with Crippen LogP contribution in [0.5, 0.6) is 0 Å². The predicted molar refractivity (Wildman–Crippen MR) is 102 cm³/mol. The first-order chi connectivity index (χ1) is 14.7. The van der Waals surface area contributed by atoms with Crippen molar-refractivity contribution >= 4 is 24.0 Å². The Morgan fingerprint density at radius 1 is 0.935 bits per heavy atom. The molecule has 2 N–H and O–H groups in total. The molecule has 11 heteroatoms. The zero-order valence-electron chi connectivity index (χ0n) is 17.3. The minimum absolute atomic E-state index is 0.0446. The van der Waals surface area contributed by atoms with Crippen molar-refractivity contribution in [3.8, 4) is 0 Å². The van der Waals surface area contributed by atoms with E-state index >= 15 is 0 Å². The number of carbonyl (C=O) groups is 4. The number of amides is 1. The molecule has 11 nitrogen and oxygen atoms in total. The van der Waals surface area contributed by atoms with Crippen molar-refractivity contribution < 1.29 is 48.0 Å². The van der Waals surface area contributed by atoms with Crippen LogP contribution in [0.1, 0.15) is 26.3 Å². The van der Waals surface area contributed by atoms with Crippen LogP contribution in [0, 0.1) is 0 Å². The van der Waals surface area contributed by atoms with Gasteiger partial charge in [0.2, 0.25) is 0 Å². The summed E-state index contributed by atoms with van der Waals surface area (Å²) in [4.78, 5) is 46.7. The molecule has 1 aromatic rings. The first kappa shape index (κ1) is 24.1. The van der Waals surface area contributed by atoms with Crippen LogP contribution in [0.3, 0.4) is 0 Å². The smallest absolute Gasteiger partial charge is 0.407 e. The second-order valence-corrected chi connectivity index (χ2v) is 6.75. The fourth-order valence-electron chi connectivity index (χ4n) is 2.97. The van der Waals surface area contributed by atoms with Crippen LogP contribution in [0.4, 0.5) is 4.79 Å². The van der Waals surface area contributed by atoms with Crippen molar-refractivity contribution in [1.82, 2.24) is 5.32 Å². The number of esters is 3. The lowest BCUT2D eigenvalue weighted by Gasteiger charge is -2.43. The van der Waals surface area contributed by atoms with Gasteiger partial charge in [-0.2, -0.15) is 0 Å². The van der Waals surface area contributed by atoms with Crippen molar-refractivity contribution in [3.05, 3.63) is 35.9 Å². The van der Waals surface area contributed by atoms with Gasteiger partial charge < -0.3 is 34.1 Å². The Morgan fingerprint density at radius 2 is 1.55 bits per heavy atom. The third-order valence-corrected chi connectivity index (χ3v) is 4.22. The van der Waals surface area contributed by atoms with Gasteiger partial charge in [0.05, 0.1) is 0 Å². The number of aliphatic hydroxyl groups excluding tert-OH is 1. The largest absolute Gasteiger partial charge is 0.463 e. The van der Waals surface area contributed by atoms with Gasteiger partial charge in [0.15, 0.2) is 18.5 Å². The number of hydrogen-bond acceptors (Lipinski definition) is 10. The standard InChI is InChI=1S/C20H25NO10/c1-11(22)27-10-15-17(29-12(2)23)18(30-13(3)24)16(19(25)31-15)21-20(26)28-9-14-7-5-4-6-8-14/h4-8,15-19,25H,9-10H2,1-3H3,(H,21,26)/t15-,16-,17-,18+,19+/m0/s1. The first-order valence-electron chi connectivity index (χ1n) is 9.46. The molecule has 0 aromatic heterocycles. The normalized spacial score (nSPS) is 25.1. The highest BCUT2D eigenvalue weighted by Crippen LogP contribution is 2.26. The summed E-state index contributed by atoms with van der Waals surface area (Å²) in [6, 6.07) is 7.54. The van der Waals surface area contributed by atoms with E-state index in [-0.39, 0.29) is 13.2 Å². The van der Waals surface area contributed by atoms with E-state index in [0.29, 0.717) is 0 Å². The SMILES string of the molecule is CC(=O)OC[C@@H]1O[C@@H](O)[C@@H](NC(=O)OCc2ccccc2)[C@@H](OC(C)=O)[C@H]1OC(C)=O. The van der Waals surface area contributed by atoms with E-state index in [4.69, 9.17) is 23.7 Å². The molecular weight excluding hydrogens is 414 g/mol. The maximum Gasteiger partial charge on any atom is 0.407 e. The molecule has 0 bridgehead atoms. The van der Waals surface area contributed by atoms with Crippen molar-refractivity contribution in [3.63, 3.8) is 0 Å². The van der Waals surface area contributed by atoms with Crippen LogP contribution in [0.25, 0.3) is 0 Å². The van der Waals surface area contributed by atoms with Gasteiger partial charge in [0, 0.05) is 20.8 Å². The van der Waals surface area contributed by atoms with Gasteiger partial charge in [-0.05, 0) is 5.56 Å². The third-order valence-electron chi connectivity index (χ3n) is 4.22. The third kappa shape index (κ3) is 7.54. The lowest BCUT2D eigenvalue weighted by atomic mass is 9.96.